The van der Waals surface area contributed by atoms with Crippen LogP contribution in [0.4, 0.5) is 18.9 Å². The fourth-order valence-electron chi connectivity index (χ4n) is 3.39. The van der Waals surface area contributed by atoms with Gasteiger partial charge in [-0.3, -0.25) is 4.79 Å². The highest BCUT2D eigenvalue weighted by atomic mass is 19.4. The van der Waals surface area contributed by atoms with Crippen LogP contribution >= 0.6 is 0 Å². The van der Waals surface area contributed by atoms with Crippen LogP contribution in [0.3, 0.4) is 0 Å². The van der Waals surface area contributed by atoms with Crippen molar-refractivity contribution in [2.24, 2.45) is 0 Å². The first-order valence-corrected chi connectivity index (χ1v) is 9.88. The summed E-state index contributed by atoms with van der Waals surface area (Å²) in [4.78, 5) is 16.3. The number of nitrogens with one attached hydrogen (secondary N) is 1. The number of carbonyl (C=O) groups excluding carboxylic acids is 1. The molecule has 0 bridgehead atoms. The smallest absolute Gasteiger partial charge is 0.422 e. The minimum Gasteiger partial charge on any atom is -0.468 e. The van der Waals surface area contributed by atoms with Crippen LogP contribution in [0.5, 0.6) is 5.88 Å². The number of amides is 1. The number of nitrogens with zero attached hydrogens (tertiary/aromatic N) is 4. The Kier molecular flexibility index (Phi) is 5.88. The molecule has 1 aliphatic heterocycles. The molecular weight excluding hydrogens is 411 g/mol. The highest BCUT2D eigenvalue weighted by Gasteiger charge is 2.28. The summed E-state index contributed by atoms with van der Waals surface area (Å²) < 4.78 is 43.3. The summed E-state index contributed by atoms with van der Waals surface area (Å²) in [5, 5.41) is 11.4. The predicted molar refractivity (Wildman–Crippen MR) is 107 cm³/mol. The van der Waals surface area contributed by atoms with Gasteiger partial charge in [0.15, 0.2) is 12.4 Å². The summed E-state index contributed by atoms with van der Waals surface area (Å²) in [5.74, 6) is 1.09. The molecule has 0 spiro atoms. The largest absolute Gasteiger partial charge is 0.468 e. The minimum atomic E-state index is -4.45. The van der Waals surface area contributed by atoms with Gasteiger partial charge in [-0.1, -0.05) is 18.6 Å². The second kappa shape index (κ2) is 8.75. The first-order chi connectivity index (χ1) is 14.9. The molecule has 3 aromatic rings. The molecular formula is C21H20F3N5O2. The standard InChI is InChI=1S/C21H20F3N5O2/c22-21(23,24)13-31-18-9-8-15(12-25-18)20(30)26-16-6-4-5-14(11-16)19-28-27-17-7-2-1-3-10-29(17)19/h4-6,8-9,11-12H,1-3,7,10,13H2,(H,26,30). The number of hydrogen-bond donors (Lipinski definition) is 1. The van der Waals surface area contributed by atoms with E-state index in [1.807, 2.05) is 18.2 Å². The predicted octanol–water partition coefficient (Wildman–Crippen LogP) is 4.26. The normalized spacial score (nSPS) is 13.9. The van der Waals surface area contributed by atoms with E-state index in [0.29, 0.717) is 5.69 Å². The number of pyridine rings is 1. The molecule has 0 radical (unpaired) electrons. The maximum Gasteiger partial charge on any atom is 0.422 e. The fourth-order valence-corrected chi connectivity index (χ4v) is 3.39. The number of hydrogen-bond acceptors (Lipinski definition) is 5. The lowest BCUT2D eigenvalue weighted by Gasteiger charge is -2.10. The average Bonchev–Trinajstić information content (AvgIpc) is 3.00. The van der Waals surface area contributed by atoms with E-state index in [4.69, 9.17) is 0 Å². The van der Waals surface area contributed by atoms with Crippen LogP contribution in [-0.4, -0.2) is 38.4 Å². The van der Waals surface area contributed by atoms with Gasteiger partial charge in [-0.25, -0.2) is 4.98 Å². The molecule has 0 unspecified atom stereocenters. The first kappa shape index (κ1) is 20.8. The van der Waals surface area contributed by atoms with Gasteiger partial charge in [-0.15, -0.1) is 10.2 Å². The second-order valence-electron chi connectivity index (χ2n) is 7.23. The number of ether oxygens (including phenoxy) is 1. The Morgan fingerprint density at radius 2 is 2.00 bits per heavy atom. The van der Waals surface area contributed by atoms with E-state index >= 15 is 0 Å². The van der Waals surface area contributed by atoms with Gasteiger partial charge in [0, 0.05) is 36.5 Å². The van der Waals surface area contributed by atoms with E-state index < -0.39 is 18.7 Å². The van der Waals surface area contributed by atoms with E-state index in [0.717, 1.165) is 49.4 Å². The number of benzene rings is 1. The topological polar surface area (TPSA) is 81.9 Å². The van der Waals surface area contributed by atoms with Gasteiger partial charge >= 0.3 is 6.18 Å². The van der Waals surface area contributed by atoms with Crippen LogP contribution in [0.1, 0.15) is 35.4 Å². The number of rotatable bonds is 5. The SMILES string of the molecule is O=C(Nc1cccc(-c2nnc3n2CCCCC3)c1)c1ccc(OCC(F)(F)F)nc1. The number of fused-ring (bicyclic) bond motifs is 1. The number of carbonyl (C=O) groups is 1. The fraction of sp³-hybridized carbons (Fsp3) is 0.333. The lowest BCUT2D eigenvalue weighted by atomic mass is 10.1. The highest BCUT2D eigenvalue weighted by molar-refractivity contribution is 6.04. The third-order valence-corrected chi connectivity index (χ3v) is 4.87. The van der Waals surface area contributed by atoms with Gasteiger partial charge in [0.25, 0.3) is 5.91 Å². The molecule has 1 aromatic carbocycles. The van der Waals surface area contributed by atoms with Gasteiger partial charge < -0.3 is 14.6 Å². The summed E-state index contributed by atoms with van der Waals surface area (Å²) in [6, 6.07) is 9.87. The molecule has 162 valence electrons. The van der Waals surface area contributed by atoms with Crippen molar-refractivity contribution in [1.29, 1.82) is 0 Å². The van der Waals surface area contributed by atoms with Gasteiger partial charge in [0.2, 0.25) is 5.88 Å². The molecule has 0 atom stereocenters. The van der Waals surface area contributed by atoms with E-state index in [-0.39, 0.29) is 11.4 Å². The lowest BCUT2D eigenvalue weighted by molar-refractivity contribution is -0.154. The Morgan fingerprint density at radius 1 is 1.13 bits per heavy atom. The molecule has 0 aliphatic carbocycles. The van der Waals surface area contributed by atoms with Crippen LogP contribution in [-0.2, 0) is 13.0 Å². The van der Waals surface area contributed by atoms with Crippen molar-refractivity contribution in [2.75, 3.05) is 11.9 Å². The molecule has 7 nitrogen and oxygen atoms in total. The van der Waals surface area contributed by atoms with Gasteiger partial charge in [-0.2, -0.15) is 13.2 Å². The van der Waals surface area contributed by atoms with Crippen molar-refractivity contribution < 1.29 is 22.7 Å². The van der Waals surface area contributed by atoms with E-state index in [1.54, 1.807) is 6.07 Å². The Labute approximate surface area is 176 Å². The number of aromatic nitrogens is 4. The molecule has 3 heterocycles. The Balaban J connectivity index is 1.46. The van der Waals surface area contributed by atoms with Crippen LogP contribution in [0.15, 0.2) is 42.6 Å². The Morgan fingerprint density at radius 3 is 2.77 bits per heavy atom. The quantitative estimate of drug-likeness (QED) is 0.653. The summed E-state index contributed by atoms with van der Waals surface area (Å²) in [7, 11) is 0. The zero-order valence-corrected chi connectivity index (χ0v) is 16.5. The van der Waals surface area contributed by atoms with Crippen LogP contribution < -0.4 is 10.1 Å². The molecule has 1 aliphatic rings. The van der Waals surface area contributed by atoms with Crippen molar-refractivity contribution in [2.45, 2.75) is 38.4 Å². The maximum absolute atomic E-state index is 12.5. The molecule has 1 N–H and O–H groups in total. The summed E-state index contributed by atoms with van der Waals surface area (Å²) in [6.07, 6.45) is 0.952. The van der Waals surface area contributed by atoms with Gasteiger partial charge in [0.05, 0.1) is 5.56 Å². The van der Waals surface area contributed by atoms with Crippen molar-refractivity contribution in [3.63, 3.8) is 0 Å². The Hall–Kier alpha value is -3.43. The molecule has 10 heteroatoms. The average molecular weight is 431 g/mol. The molecule has 1 amide bonds. The monoisotopic (exact) mass is 431 g/mol. The summed E-state index contributed by atoms with van der Waals surface area (Å²) in [6.45, 7) is -0.576. The molecule has 0 saturated heterocycles. The van der Waals surface area contributed by atoms with Gasteiger partial charge in [0.1, 0.15) is 5.82 Å². The van der Waals surface area contributed by atoms with E-state index in [1.165, 1.54) is 18.3 Å². The van der Waals surface area contributed by atoms with Crippen LogP contribution in [0, 0.1) is 0 Å². The zero-order chi connectivity index (χ0) is 21.8. The van der Waals surface area contributed by atoms with E-state index in [9.17, 15) is 18.0 Å². The molecule has 0 saturated carbocycles. The van der Waals surface area contributed by atoms with Crippen LogP contribution in [0.2, 0.25) is 0 Å². The molecule has 31 heavy (non-hydrogen) atoms. The van der Waals surface area contributed by atoms with Crippen molar-refractivity contribution in [3.05, 3.63) is 54.0 Å². The number of aryl methyl sites for hydroxylation is 1. The number of halogens is 3. The molecule has 4 rings (SSSR count). The number of anilines is 1. The lowest BCUT2D eigenvalue weighted by Crippen LogP contribution is -2.19. The van der Waals surface area contributed by atoms with E-state index in [2.05, 4.69) is 29.8 Å². The maximum atomic E-state index is 12.5. The zero-order valence-electron chi connectivity index (χ0n) is 16.5. The van der Waals surface area contributed by atoms with Crippen molar-refractivity contribution >= 4 is 11.6 Å². The second-order valence-corrected chi connectivity index (χ2v) is 7.23. The summed E-state index contributed by atoms with van der Waals surface area (Å²) >= 11 is 0. The molecule has 2 aromatic heterocycles. The van der Waals surface area contributed by atoms with Gasteiger partial charge in [-0.05, 0) is 31.0 Å². The van der Waals surface area contributed by atoms with Crippen LogP contribution in [0.25, 0.3) is 11.4 Å². The highest BCUT2D eigenvalue weighted by Crippen LogP contribution is 2.25. The van der Waals surface area contributed by atoms with Crippen molar-refractivity contribution in [3.8, 4) is 17.3 Å². The number of alkyl halides is 3. The minimum absolute atomic E-state index is 0.195. The third-order valence-electron chi connectivity index (χ3n) is 4.87. The van der Waals surface area contributed by atoms with Crippen molar-refractivity contribution in [1.82, 2.24) is 19.7 Å². The Bertz CT molecular complexity index is 1060. The first-order valence-electron chi connectivity index (χ1n) is 9.88. The third kappa shape index (κ3) is 5.19. The summed E-state index contributed by atoms with van der Waals surface area (Å²) in [5.41, 5.74) is 1.60. The molecule has 0 fully saturated rings.